The second-order valence-corrected chi connectivity index (χ2v) is 9.20. The monoisotopic (exact) mass is 472 g/mol. The van der Waals surface area contributed by atoms with E-state index < -0.39 is 5.41 Å². The Kier molecular flexibility index (Phi) is 6.24. The number of aromatic nitrogens is 3. The number of pyridine rings is 1. The number of aliphatic hydroxyl groups is 1. The van der Waals surface area contributed by atoms with Crippen LogP contribution in [-0.4, -0.2) is 53.5 Å². The highest BCUT2D eigenvalue weighted by atomic mass is 16.5. The molecule has 9 nitrogen and oxygen atoms in total. The molecule has 2 aliphatic heterocycles. The van der Waals surface area contributed by atoms with Crippen molar-refractivity contribution in [1.29, 1.82) is 5.26 Å². The first-order chi connectivity index (χ1) is 17.0. The predicted octanol–water partition coefficient (Wildman–Crippen LogP) is 3.73. The number of benzene rings is 1. The minimum Gasteiger partial charge on any atom is -0.480 e. The van der Waals surface area contributed by atoms with Crippen molar-refractivity contribution in [2.24, 2.45) is 0 Å². The molecule has 0 saturated carbocycles. The van der Waals surface area contributed by atoms with Crippen molar-refractivity contribution in [2.75, 3.05) is 44.1 Å². The van der Waals surface area contributed by atoms with Crippen LogP contribution in [0.25, 0.3) is 11.3 Å². The highest BCUT2D eigenvalue weighted by molar-refractivity contribution is 5.76. The van der Waals surface area contributed by atoms with E-state index in [1.165, 1.54) is 0 Å². The fourth-order valence-electron chi connectivity index (χ4n) is 4.69. The number of fused-ring (bicyclic) bond motifs is 1. The highest BCUT2D eigenvalue weighted by Crippen LogP contribution is 2.41. The van der Waals surface area contributed by atoms with Crippen LogP contribution in [0.4, 0.5) is 17.3 Å². The molecule has 180 valence electrons. The number of aliphatic hydroxyl groups excluding tert-OH is 1. The third kappa shape index (κ3) is 4.38. The summed E-state index contributed by atoms with van der Waals surface area (Å²) in [6.45, 7) is 4.03. The van der Waals surface area contributed by atoms with E-state index in [9.17, 15) is 10.4 Å². The van der Waals surface area contributed by atoms with Crippen molar-refractivity contribution < 1.29 is 14.6 Å². The topological polar surface area (TPSA) is 125 Å². The van der Waals surface area contributed by atoms with Crippen molar-refractivity contribution in [1.82, 2.24) is 15.0 Å². The number of anilines is 3. The summed E-state index contributed by atoms with van der Waals surface area (Å²) < 4.78 is 11.0. The Bertz CT molecular complexity index is 1280. The summed E-state index contributed by atoms with van der Waals surface area (Å²) in [5.74, 6) is 1.24. The lowest BCUT2D eigenvalue weighted by molar-refractivity contribution is 0.0844. The lowest BCUT2D eigenvalue weighted by atomic mass is 9.83. The highest BCUT2D eigenvalue weighted by Gasteiger charge is 2.36. The van der Waals surface area contributed by atoms with Gasteiger partial charge < -0.3 is 25.2 Å². The third-order valence-electron chi connectivity index (χ3n) is 6.83. The molecular formula is C26H28N6O3. The lowest BCUT2D eigenvalue weighted by Gasteiger charge is -2.22. The Morgan fingerprint density at radius 1 is 1.26 bits per heavy atom. The van der Waals surface area contributed by atoms with E-state index in [-0.39, 0.29) is 6.61 Å². The Morgan fingerprint density at radius 3 is 2.83 bits per heavy atom. The molecule has 1 atom stereocenters. The van der Waals surface area contributed by atoms with Gasteiger partial charge in [-0.2, -0.15) is 5.26 Å². The molecule has 0 radical (unpaired) electrons. The summed E-state index contributed by atoms with van der Waals surface area (Å²) in [7, 11) is 1.60. The zero-order chi connectivity index (χ0) is 24.4. The van der Waals surface area contributed by atoms with Crippen LogP contribution in [0.2, 0.25) is 0 Å². The van der Waals surface area contributed by atoms with Crippen molar-refractivity contribution in [3.05, 3.63) is 53.3 Å². The number of ether oxygens (including phenoxy) is 2. The summed E-state index contributed by atoms with van der Waals surface area (Å²) in [6, 6.07) is 11.8. The molecule has 4 heterocycles. The molecule has 5 rings (SSSR count). The van der Waals surface area contributed by atoms with E-state index in [0.29, 0.717) is 41.2 Å². The molecule has 0 spiro atoms. The normalized spacial score (nSPS) is 19.5. The molecule has 2 aromatic heterocycles. The third-order valence-corrected chi connectivity index (χ3v) is 6.83. The molecule has 3 N–H and O–H groups in total. The van der Waals surface area contributed by atoms with Crippen molar-refractivity contribution in [2.45, 2.75) is 31.1 Å². The molecule has 1 fully saturated rings. The maximum atomic E-state index is 9.97. The summed E-state index contributed by atoms with van der Waals surface area (Å²) in [5.41, 5.74) is 4.87. The van der Waals surface area contributed by atoms with E-state index in [1.54, 1.807) is 19.4 Å². The Labute approximate surface area is 204 Å². The quantitative estimate of drug-likeness (QED) is 0.492. The Balaban J connectivity index is 1.45. The molecular weight excluding hydrogens is 444 g/mol. The molecule has 2 aliphatic rings. The number of methoxy groups -OCH3 is 1. The first-order valence-corrected chi connectivity index (χ1v) is 11.7. The van der Waals surface area contributed by atoms with E-state index in [4.69, 9.17) is 14.5 Å². The fourth-order valence-corrected chi connectivity index (χ4v) is 4.69. The minimum absolute atomic E-state index is 0.0193. The summed E-state index contributed by atoms with van der Waals surface area (Å²) in [4.78, 5) is 13.8. The molecule has 0 amide bonds. The van der Waals surface area contributed by atoms with E-state index in [1.807, 2.05) is 31.2 Å². The first kappa shape index (κ1) is 23.0. The van der Waals surface area contributed by atoms with Gasteiger partial charge in [-0.25, -0.2) is 15.0 Å². The van der Waals surface area contributed by atoms with Gasteiger partial charge in [-0.15, -0.1) is 0 Å². The van der Waals surface area contributed by atoms with Crippen molar-refractivity contribution in [3.63, 3.8) is 0 Å². The van der Waals surface area contributed by atoms with Crippen LogP contribution in [0.5, 0.6) is 5.88 Å². The molecule has 1 aromatic carbocycles. The van der Waals surface area contributed by atoms with Gasteiger partial charge in [0, 0.05) is 48.5 Å². The lowest BCUT2D eigenvalue weighted by Crippen LogP contribution is -2.28. The van der Waals surface area contributed by atoms with Gasteiger partial charge in [0.1, 0.15) is 11.8 Å². The average molecular weight is 473 g/mol. The number of hydrogen-bond donors (Lipinski definition) is 3. The largest absolute Gasteiger partial charge is 0.480 e. The number of nitrogens with zero attached hydrogens (tertiary/aromatic N) is 4. The predicted molar refractivity (Wildman–Crippen MR) is 132 cm³/mol. The van der Waals surface area contributed by atoms with Crippen LogP contribution in [-0.2, 0) is 10.2 Å². The second-order valence-electron chi connectivity index (χ2n) is 9.20. The summed E-state index contributed by atoms with van der Waals surface area (Å²) >= 11 is 0. The molecule has 9 heteroatoms. The van der Waals surface area contributed by atoms with E-state index in [0.717, 1.165) is 48.6 Å². The number of rotatable bonds is 6. The zero-order valence-electron chi connectivity index (χ0n) is 19.8. The van der Waals surface area contributed by atoms with Gasteiger partial charge in [-0.3, -0.25) is 0 Å². The number of hydrogen-bond acceptors (Lipinski definition) is 9. The number of nitrogens with one attached hydrogen (secondary N) is 2. The number of nitriles is 1. The van der Waals surface area contributed by atoms with Crippen LogP contribution in [0.15, 0.2) is 36.5 Å². The molecule has 3 aromatic rings. The van der Waals surface area contributed by atoms with Gasteiger partial charge in [0.25, 0.3) is 0 Å². The van der Waals surface area contributed by atoms with E-state index >= 15 is 0 Å². The standard InChI is InChI=1S/C26H28N6O3/c1-26(15-33)14-29-23-18(13-27)11-17(12-19(23)26)21-5-8-28-25(31-21)32-22-4-3-20(30-24(22)34-2)16-6-9-35-10-7-16/h3-5,8,11-12,16,29,33H,6-7,9-10,14-15H2,1-2H3,(H,28,31,32)/t26-/m1/s1. The van der Waals surface area contributed by atoms with Crippen LogP contribution in [0.1, 0.15) is 42.5 Å². The zero-order valence-corrected chi connectivity index (χ0v) is 19.8. The average Bonchev–Trinajstić information content (AvgIpc) is 3.26. The van der Waals surface area contributed by atoms with Crippen LogP contribution in [0.3, 0.4) is 0 Å². The SMILES string of the molecule is COc1nc(C2CCOCC2)ccc1Nc1nccc(-c2cc(C#N)c3c(c2)[C@@](C)(CO)CN3)n1. The smallest absolute Gasteiger partial charge is 0.237 e. The molecule has 1 saturated heterocycles. The van der Waals surface area contributed by atoms with E-state index in [2.05, 4.69) is 26.7 Å². The maximum Gasteiger partial charge on any atom is 0.237 e. The van der Waals surface area contributed by atoms with Crippen LogP contribution < -0.4 is 15.4 Å². The Morgan fingerprint density at radius 2 is 2.09 bits per heavy atom. The first-order valence-electron chi connectivity index (χ1n) is 11.7. The van der Waals surface area contributed by atoms with Crippen molar-refractivity contribution >= 4 is 17.3 Å². The summed E-state index contributed by atoms with van der Waals surface area (Å²) in [6.07, 6.45) is 3.57. The van der Waals surface area contributed by atoms with Gasteiger partial charge in [0.15, 0.2) is 0 Å². The van der Waals surface area contributed by atoms with Gasteiger partial charge >= 0.3 is 0 Å². The fraction of sp³-hybridized carbons (Fsp3) is 0.385. The van der Waals surface area contributed by atoms with Gasteiger partial charge in [0.2, 0.25) is 11.8 Å². The molecule has 0 bridgehead atoms. The Hall–Kier alpha value is -3.74. The van der Waals surface area contributed by atoms with Gasteiger partial charge in [-0.05, 0) is 48.7 Å². The molecule has 0 aliphatic carbocycles. The van der Waals surface area contributed by atoms with Crippen LogP contribution in [0, 0.1) is 11.3 Å². The van der Waals surface area contributed by atoms with Gasteiger partial charge in [-0.1, -0.05) is 6.92 Å². The minimum atomic E-state index is -0.462. The van der Waals surface area contributed by atoms with Crippen LogP contribution >= 0.6 is 0 Å². The molecule has 35 heavy (non-hydrogen) atoms. The maximum absolute atomic E-state index is 9.97. The summed E-state index contributed by atoms with van der Waals surface area (Å²) in [5, 5.41) is 26.2. The molecule has 0 unspecified atom stereocenters. The second kappa shape index (κ2) is 9.49. The van der Waals surface area contributed by atoms with Crippen molar-refractivity contribution in [3.8, 4) is 23.2 Å². The van der Waals surface area contributed by atoms with Gasteiger partial charge in [0.05, 0.1) is 30.7 Å².